The van der Waals surface area contributed by atoms with Crippen LogP contribution < -0.4 is 0 Å². The molecule has 0 heterocycles. The second-order valence-corrected chi connectivity index (χ2v) is 5.93. The fraction of sp³-hybridized carbons (Fsp3) is 0.533. The molecule has 18 heavy (non-hydrogen) atoms. The predicted octanol–water partition coefficient (Wildman–Crippen LogP) is 3.28. The average Bonchev–Trinajstić information content (AvgIpc) is 2.23. The highest BCUT2D eigenvalue weighted by molar-refractivity contribution is 6.30. The van der Waals surface area contributed by atoms with Crippen molar-refractivity contribution >= 4 is 17.4 Å². The smallest absolute Gasteiger partial charge is 0.147 e. The van der Waals surface area contributed by atoms with Crippen LogP contribution in [0.25, 0.3) is 0 Å². The normalized spacial score (nSPS) is 19.4. The van der Waals surface area contributed by atoms with Crippen LogP contribution in [0.2, 0.25) is 5.02 Å². The van der Waals surface area contributed by atoms with Gasteiger partial charge in [0.05, 0.1) is 6.04 Å². The maximum absolute atomic E-state index is 12.0. The van der Waals surface area contributed by atoms with E-state index in [9.17, 15) is 4.79 Å². The van der Waals surface area contributed by atoms with Gasteiger partial charge in [-0.3, -0.25) is 9.69 Å². The first kappa shape index (κ1) is 13.6. The average molecular weight is 266 g/mol. The molecule has 3 heteroatoms. The number of ketones is 1. The Morgan fingerprint density at radius 3 is 2.17 bits per heavy atom. The van der Waals surface area contributed by atoms with Crippen molar-refractivity contribution in [3.63, 3.8) is 0 Å². The number of nitrogens with zero attached hydrogens (tertiary/aromatic N) is 1. The van der Waals surface area contributed by atoms with Crippen LogP contribution in [0.3, 0.4) is 0 Å². The number of carbonyl (C=O) groups excluding carboxylic acids is 1. The van der Waals surface area contributed by atoms with Crippen molar-refractivity contribution in [3.8, 4) is 0 Å². The highest BCUT2D eigenvalue weighted by Gasteiger charge is 2.48. The van der Waals surface area contributed by atoms with Gasteiger partial charge in [-0.15, -0.1) is 0 Å². The first-order chi connectivity index (χ1) is 8.47. The van der Waals surface area contributed by atoms with Crippen LogP contribution in [0.4, 0.5) is 0 Å². The van der Waals surface area contributed by atoms with E-state index in [0.29, 0.717) is 0 Å². The largest absolute Gasteiger partial charge is 0.299 e. The lowest BCUT2D eigenvalue weighted by molar-refractivity contribution is -0.125. The molecule has 1 aromatic rings. The van der Waals surface area contributed by atoms with Crippen LogP contribution in [0.1, 0.15) is 31.7 Å². The molecule has 2 nitrogen and oxygen atoms in total. The van der Waals surface area contributed by atoms with Gasteiger partial charge in [-0.25, -0.2) is 0 Å². The molecular weight excluding hydrogens is 246 g/mol. The monoisotopic (exact) mass is 265 g/mol. The Morgan fingerprint density at radius 2 is 1.83 bits per heavy atom. The summed E-state index contributed by atoms with van der Waals surface area (Å²) in [6, 6.07) is 7.95. The van der Waals surface area contributed by atoms with Gasteiger partial charge < -0.3 is 0 Å². The number of carbonyl (C=O) groups is 1. The van der Waals surface area contributed by atoms with Gasteiger partial charge >= 0.3 is 0 Å². The molecule has 0 aliphatic heterocycles. The molecule has 0 N–H and O–H groups in total. The summed E-state index contributed by atoms with van der Waals surface area (Å²) in [6.07, 6.45) is 3.36. The molecule has 0 radical (unpaired) electrons. The van der Waals surface area contributed by atoms with Gasteiger partial charge in [0.15, 0.2) is 0 Å². The van der Waals surface area contributed by atoms with Gasteiger partial charge in [0.2, 0.25) is 0 Å². The Morgan fingerprint density at radius 1 is 1.28 bits per heavy atom. The van der Waals surface area contributed by atoms with E-state index in [1.165, 1.54) is 12.0 Å². The topological polar surface area (TPSA) is 20.3 Å². The summed E-state index contributed by atoms with van der Waals surface area (Å²) < 4.78 is 0. The van der Waals surface area contributed by atoms with E-state index in [1.54, 1.807) is 6.92 Å². The molecule has 0 spiro atoms. The molecular formula is C15H20ClNO. The summed E-state index contributed by atoms with van der Waals surface area (Å²) in [7, 11) is 3.98. The number of hydrogen-bond acceptors (Lipinski definition) is 2. The molecule has 2 rings (SSSR count). The molecule has 1 aliphatic rings. The summed E-state index contributed by atoms with van der Waals surface area (Å²) in [5.41, 5.74) is 1.23. The zero-order valence-electron chi connectivity index (χ0n) is 11.2. The Hall–Kier alpha value is -0.860. The molecule has 0 saturated heterocycles. The molecule has 0 bridgehead atoms. The Bertz CT molecular complexity index is 434. The number of benzene rings is 1. The van der Waals surface area contributed by atoms with E-state index in [0.717, 1.165) is 17.9 Å². The maximum Gasteiger partial charge on any atom is 0.147 e. The van der Waals surface area contributed by atoms with Gasteiger partial charge in [0.25, 0.3) is 0 Å². The minimum atomic E-state index is -0.0348. The van der Waals surface area contributed by atoms with Crippen molar-refractivity contribution in [3.05, 3.63) is 34.9 Å². The minimum absolute atomic E-state index is 0.0140. The third kappa shape index (κ3) is 2.19. The third-order valence-corrected chi connectivity index (χ3v) is 4.34. The highest BCUT2D eigenvalue weighted by atomic mass is 35.5. The van der Waals surface area contributed by atoms with Crippen molar-refractivity contribution < 1.29 is 4.79 Å². The Balaban J connectivity index is 2.41. The summed E-state index contributed by atoms with van der Waals surface area (Å²) in [6.45, 7) is 1.70. The predicted molar refractivity (Wildman–Crippen MR) is 75.1 cm³/mol. The first-order valence-electron chi connectivity index (χ1n) is 6.40. The summed E-state index contributed by atoms with van der Waals surface area (Å²) in [5, 5.41) is 0.748. The molecule has 1 fully saturated rings. The lowest BCUT2D eigenvalue weighted by Gasteiger charge is -2.49. The van der Waals surface area contributed by atoms with Crippen LogP contribution in [-0.4, -0.2) is 30.8 Å². The van der Waals surface area contributed by atoms with Gasteiger partial charge in [-0.2, -0.15) is 0 Å². The van der Waals surface area contributed by atoms with Crippen molar-refractivity contribution in [2.24, 2.45) is 0 Å². The van der Waals surface area contributed by atoms with Crippen molar-refractivity contribution in [2.45, 2.75) is 37.6 Å². The van der Waals surface area contributed by atoms with Crippen molar-refractivity contribution in [2.75, 3.05) is 14.1 Å². The standard InChI is InChI=1S/C15H20ClNO/c1-11(18)14(17(2)3)15(9-4-10-15)12-5-7-13(16)8-6-12/h5-8,14H,4,9-10H2,1-3H3. The van der Waals surface area contributed by atoms with Crippen molar-refractivity contribution in [1.29, 1.82) is 0 Å². The van der Waals surface area contributed by atoms with Crippen LogP contribution >= 0.6 is 11.6 Å². The van der Waals surface area contributed by atoms with E-state index < -0.39 is 0 Å². The van der Waals surface area contributed by atoms with E-state index in [-0.39, 0.29) is 17.2 Å². The number of hydrogen-bond donors (Lipinski definition) is 0. The molecule has 1 saturated carbocycles. The molecule has 0 aromatic heterocycles. The Kier molecular flexibility index (Phi) is 3.79. The fourth-order valence-electron chi connectivity index (χ4n) is 3.31. The molecule has 0 amide bonds. The molecule has 98 valence electrons. The van der Waals surface area contributed by atoms with Gasteiger partial charge in [0, 0.05) is 10.4 Å². The second kappa shape index (κ2) is 5.02. The highest BCUT2D eigenvalue weighted by Crippen LogP contribution is 2.48. The van der Waals surface area contributed by atoms with E-state index in [4.69, 9.17) is 11.6 Å². The molecule has 1 atom stereocenters. The maximum atomic E-state index is 12.0. The van der Waals surface area contributed by atoms with Gasteiger partial charge in [-0.1, -0.05) is 30.2 Å². The minimum Gasteiger partial charge on any atom is -0.299 e. The van der Waals surface area contributed by atoms with Crippen LogP contribution in [0, 0.1) is 0 Å². The van der Waals surface area contributed by atoms with Crippen LogP contribution in [0.15, 0.2) is 24.3 Å². The number of halogens is 1. The number of Topliss-reactive ketones (excluding diaryl/α,β-unsaturated/α-hetero) is 1. The number of likely N-dealkylation sites (N-methyl/N-ethyl adjacent to an activating group) is 1. The van der Waals surface area contributed by atoms with Crippen LogP contribution in [-0.2, 0) is 10.2 Å². The SMILES string of the molecule is CC(=O)C(N(C)C)C1(c2ccc(Cl)cc2)CCC1. The first-order valence-corrected chi connectivity index (χ1v) is 6.78. The van der Waals surface area contributed by atoms with E-state index in [2.05, 4.69) is 17.0 Å². The molecule has 1 aromatic carbocycles. The number of rotatable bonds is 4. The quantitative estimate of drug-likeness (QED) is 0.833. The molecule has 1 aliphatic carbocycles. The third-order valence-electron chi connectivity index (χ3n) is 4.09. The zero-order chi connectivity index (χ0) is 13.3. The fourth-order valence-corrected chi connectivity index (χ4v) is 3.43. The zero-order valence-corrected chi connectivity index (χ0v) is 12.0. The second-order valence-electron chi connectivity index (χ2n) is 5.49. The van der Waals surface area contributed by atoms with E-state index >= 15 is 0 Å². The summed E-state index contributed by atoms with van der Waals surface area (Å²) in [5.74, 6) is 0.245. The van der Waals surface area contributed by atoms with Crippen LogP contribution in [0.5, 0.6) is 0 Å². The summed E-state index contributed by atoms with van der Waals surface area (Å²) in [4.78, 5) is 14.0. The van der Waals surface area contributed by atoms with Gasteiger partial charge in [-0.05, 0) is 51.6 Å². The summed E-state index contributed by atoms with van der Waals surface area (Å²) >= 11 is 5.95. The van der Waals surface area contributed by atoms with Crippen molar-refractivity contribution in [1.82, 2.24) is 4.90 Å². The molecule has 1 unspecified atom stereocenters. The van der Waals surface area contributed by atoms with E-state index in [1.807, 2.05) is 26.2 Å². The van der Waals surface area contributed by atoms with Gasteiger partial charge in [0.1, 0.15) is 5.78 Å². The Labute approximate surface area is 114 Å². The lowest BCUT2D eigenvalue weighted by atomic mass is 9.59. The lowest BCUT2D eigenvalue weighted by Crippen LogP contribution is -2.55.